The van der Waals surface area contributed by atoms with E-state index in [1.165, 1.54) is 21.9 Å². The van der Waals surface area contributed by atoms with Crippen LogP contribution in [0.15, 0.2) is 72.9 Å². The van der Waals surface area contributed by atoms with E-state index in [4.69, 9.17) is 0 Å². The zero-order chi connectivity index (χ0) is 23.2. The number of carbonyl (C=O) groups is 3. The summed E-state index contributed by atoms with van der Waals surface area (Å²) in [4.78, 5) is 44.6. The van der Waals surface area contributed by atoms with E-state index in [1.807, 2.05) is 18.2 Å². The maximum Gasteiger partial charge on any atom is 0.312 e. The molecule has 0 saturated carbocycles. The second-order valence-corrected chi connectivity index (χ2v) is 7.78. The van der Waals surface area contributed by atoms with Gasteiger partial charge in [-0.15, -0.1) is 0 Å². The summed E-state index contributed by atoms with van der Waals surface area (Å²) >= 11 is 0. The molecule has 3 amide bonds. The predicted molar refractivity (Wildman–Crippen MR) is 119 cm³/mol. The third kappa shape index (κ3) is 5.60. The molecule has 1 aliphatic rings. The molecule has 0 bridgehead atoms. The fourth-order valence-electron chi connectivity index (χ4n) is 3.58. The van der Waals surface area contributed by atoms with E-state index in [1.54, 1.807) is 42.6 Å². The molecule has 0 radical (unpaired) electrons. The van der Waals surface area contributed by atoms with E-state index in [9.17, 15) is 18.8 Å². The Hall–Kier alpha value is -4.07. The minimum absolute atomic E-state index is 0.215. The van der Waals surface area contributed by atoms with Gasteiger partial charge in [-0.25, -0.2) is 4.39 Å². The van der Waals surface area contributed by atoms with Gasteiger partial charge in [-0.3, -0.25) is 19.4 Å². The molecule has 33 heavy (non-hydrogen) atoms. The predicted octanol–water partition coefficient (Wildman–Crippen LogP) is 2.52. The fourth-order valence-corrected chi connectivity index (χ4v) is 3.58. The molecule has 1 aromatic heterocycles. The smallest absolute Gasteiger partial charge is 0.312 e. The highest BCUT2D eigenvalue weighted by Crippen LogP contribution is 2.15. The van der Waals surface area contributed by atoms with E-state index in [-0.39, 0.29) is 24.8 Å². The Kier molecular flexibility index (Phi) is 6.73. The molecule has 1 fully saturated rings. The summed E-state index contributed by atoms with van der Waals surface area (Å²) in [6, 6.07) is 18.3. The lowest BCUT2D eigenvalue weighted by molar-refractivity contribution is -0.156. The van der Waals surface area contributed by atoms with Crippen molar-refractivity contribution in [1.29, 1.82) is 0 Å². The van der Waals surface area contributed by atoms with Crippen molar-refractivity contribution < 1.29 is 18.8 Å². The Bertz CT molecular complexity index is 1130. The number of pyridine rings is 1. The van der Waals surface area contributed by atoms with Crippen molar-refractivity contribution in [3.63, 3.8) is 0 Å². The Morgan fingerprint density at radius 2 is 1.42 bits per heavy atom. The number of hydrogen-bond donors (Lipinski definition) is 1. The summed E-state index contributed by atoms with van der Waals surface area (Å²) < 4.78 is 13.1. The van der Waals surface area contributed by atoms with Crippen molar-refractivity contribution in [2.45, 2.75) is 19.6 Å². The first-order valence-corrected chi connectivity index (χ1v) is 10.6. The van der Waals surface area contributed by atoms with Crippen molar-refractivity contribution in [3.8, 4) is 0 Å². The van der Waals surface area contributed by atoms with Crippen LogP contribution in [0.1, 0.15) is 27.2 Å². The molecule has 1 aliphatic heterocycles. The van der Waals surface area contributed by atoms with E-state index in [2.05, 4.69) is 10.3 Å². The SMILES string of the molecule is O=C(NCc1ccccn1)c1ccc(CN2CCN(Cc3ccc(F)cc3)C(=O)C2=O)cc1. The maximum absolute atomic E-state index is 13.1. The molecule has 2 heterocycles. The summed E-state index contributed by atoms with van der Waals surface area (Å²) in [7, 11) is 0. The van der Waals surface area contributed by atoms with Crippen LogP contribution in [-0.2, 0) is 29.2 Å². The normalized spacial score (nSPS) is 13.8. The summed E-state index contributed by atoms with van der Waals surface area (Å²) in [5, 5.41) is 2.82. The molecule has 0 unspecified atom stereocenters. The molecule has 168 valence electrons. The second kappa shape index (κ2) is 10.0. The summed E-state index contributed by atoms with van der Waals surface area (Å²) in [5.41, 5.74) is 2.86. The number of amides is 3. The molecule has 0 aliphatic carbocycles. The number of rotatable bonds is 7. The van der Waals surface area contributed by atoms with Crippen molar-refractivity contribution in [2.24, 2.45) is 0 Å². The molecule has 2 aromatic carbocycles. The molecular weight excluding hydrogens is 423 g/mol. The molecule has 4 rings (SSSR count). The van der Waals surface area contributed by atoms with Gasteiger partial charge in [0.15, 0.2) is 0 Å². The lowest BCUT2D eigenvalue weighted by atomic mass is 10.1. The van der Waals surface area contributed by atoms with E-state index >= 15 is 0 Å². The van der Waals surface area contributed by atoms with Gasteiger partial charge < -0.3 is 15.1 Å². The van der Waals surface area contributed by atoms with Crippen LogP contribution in [0.2, 0.25) is 0 Å². The second-order valence-electron chi connectivity index (χ2n) is 7.78. The molecule has 7 nitrogen and oxygen atoms in total. The minimum Gasteiger partial charge on any atom is -0.346 e. The largest absolute Gasteiger partial charge is 0.346 e. The minimum atomic E-state index is -0.573. The first-order valence-electron chi connectivity index (χ1n) is 10.6. The van der Waals surface area contributed by atoms with Crippen LogP contribution in [0.3, 0.4) is 0 Å². The number of nitrogens with zero attached hydrogens (tertiary/aromatic N) is 3. The average Bonchev–Trinajstić information content (AvgIpc) is 2.84. The van der Waals surface area contributed by atoms with Gasteiger partial charge >= 0.3 is 11.8 Å². The molecule has 8 heteroatoms. The average molecular weight is 446 g/mol. The van der Waals surface area contributed by atoms with Crippen LogP contribution in [0, 0.1) is 5.82 Å². The van der Waals surface area contributed by atoms with Gasteiger partial charge in [0.05, 0.1) is 12.2 Å². The van der Waals surface area contributed by atoms with E-state index in [0.29, 0.717) is 25.2 Å². The standard InChI is InChI=1S/C25H23FN4O3/c26-21-10-6-19(7-11-21)17-30-14-13-29(24(32)25(30)33)16-18-4-8-20(9-5-18)23(31)28-15-22-3-1-2-12-27-22/h1-12H,13-17H2,(H,28,31). The van der Waals surface area contributed by atoms with E-state index < -0.39 is 11.8 Å². The first-order chi connectivity index (χ1) is 16.0. The van der Waals surface area contributed by atoms with Crippen molar-refractivity contribution >= 4 is 17.7 Å². The Morgan fingerprint density at radius 1 is 0.848 bits per heavy atom. The van der Waals surface area contributed by atoms with Gasteiger partial charge in [0, 0.05) is 37.9 Å². The third-order valence-corrected chi connectivity index (χ3v) is 5.43. The highest BCUT2D eigenvalue weighted by molar-refractivity contribution is 6.35. The van der Waals surface area contributed by atoms with Gasteiger partial charge in [0.1, 0.15) is 5.82 Å². The zero-order valence-corrected chi connectivity index (χ0v) is 17.9. The highest BCUT2D eigenvalue weighted by Gasteiger charge is 2.32. The summed E-state index contributed by atoms with van der Waals surface area (Å²) in [6.45, 7) is 1.68. The molecule has 0 spiro atoms. The molecule has 3 aromatic rings. The van der Waals surface area contributed by atoms with Gasteiger partial charge in [-0.1, -0.05) is 30.3 Å². The third-order valence-electron chi connectivity index (χ3n) is 5.43. The number of carbonyl (C=O) groups excluding carboxylic acids is 3. The van der Waals surface area contributed by atoms with Crippen LogP contribution in [0.4, 0.5) is 4.39 Å². The fraction of sp³-hybridized carbons (Fsp3) is 0.200. The number of halogens is 1. The van der Waals surface area contributed by atoms with Crippen molar-refractivity contribution in [1.82, 2.24) is 20.1 Å². The van der Waals surface area contributed by atoms with Gasteiger partial charge in [-0.05, 0) is 47.5 Å². The Balaban J connectivity index is 1.30. The Morgan fingerprint density at radius 3 is 1.97 bits per heavy atom. The molecule has 1 saturated heterocycles. The summed E-state index contributed by atoms with van der Waals surface area (Å²) in [6.07, 6.45) is 1.67. The monoisotopic (exact) mass is 446 g/mol. The van der Waals surface area contributed by atoms with Crippen LogP contribution in [0.25, 0.3) is 0 Å². The number of aromatic nitrogens is 1. The van der Waals surface area contributed by atoms with Gasteiger partial charge in [0.2, 0.25) is 0 Å². The number of piperazine rings is 1. The lowest BCUT2D eigenvalue weighted by Crippen LogP contribution is -2.53. The van der Waals surface area contributed by atoms with Crippen molar-refractivity contribution in [3.05, 3.63) is 101 Å². The topological polar surface area (TPSA) is 82.6 Å². The molecule has 0 atom stereocenters. The summed E-state index contributed by atoms with van der Waals surface area (Å²) in [5.74, 6) is -1.70. The van der Waals surface area contributed by atoms with Crippen LogP contribution >= 0.6 is 0 Å². The van der Waals surface area contributed by atoms with Gasteiger partial charge in [-0.2, -0.15) is 0 Å². The van der Waals surface area contributed by atoms with Crippen molar-refractivity contribution in [2.75, 3.05) is 13.1 Å². The zero-order valence-electron chi connectivity index (χ0n) is 17.9. The quantitative estimate of drug-likeness (QED) is 0.566. The van der Waals surface area contributed by atoms with Gasteiger partial charge in [0.25, 0.3) is 5.91 Å². The first kappa shape index (κ1) is 22.1. The molecular formula is C25H23FN4O3. The van der Waals surface area contributed by atoms with Crippen LogP contribution in [0.5, 0.6) is 0 Å². The van der Waals surface area contributed by atoms with Crippen LogP contribution in [-0.4, -0.2) is 45.6 Å². The maximum atomic E-state index is 13.1. The number of hydrogen-bond acceptors (Lipinski definition) is 4. The number of benzene rings is 2. The Labute approximate surface area is 190 Å². The lowest BCUT2D eigenvalue weighted by Gasteiger charge is -2.33. The highest BCUT2D eigenvalue weighted by atomic mass is 19.1. The van der Waals surface area contributed by atoms with E-state index in [0.717, 1.165) is 16.8 Å². The number of nitrogens with one attached hydrogen (secondary N) is 1. The molecule has 1 N–H and O–H groups in total. The van der Waals surface area contributed by atoms with Crippen LogP contribution < -0.4 is 5.32 Å².